The summed E-state index contributed by atoms with van der Waals surface area (Å²) in [5.74, 6) is -2.98. The van der Waals surface area contributed by atoms with Gasteiger partial charge < -0.3 is 23.7 Å². The second-order valence-corrected chi connectivity index (χ2v) is 9.81. The molecule has 1 aromatic carbocycles. The van der Waals surface area contributed by atoms with Crippen LogP contribution in [0.1, 0.15) is 33.9 Å². The van der Waals surface area contributed by atoms with Gasteiger partial charge in [0.05, 0.1) is 11.1 Å². The Morgan fingerprint density at radius 3 is 2.13 bits per heavy atom. The normalized spacial score (nSPS) is 23.2. The van der Waals surface area contributed by atoms with Crippen molar-refractivity contribution in [3.63, 3.8) is 0 Å². The van der Waals surface area contributed by atoms with E-state index < -0.39 is 71.2 Å². The molecule has 1 fully saturated rings. The van der Waals surface area contributed by atoms with Gasteiger partial charge in [0.25, 0.3) is 0 Å². The van der Waals surface area contributed by atoms with E-state index in [0.717, 1.165) is 32.4 Å². The highest BCUT2D eigenvalue weighted by Crippen LogP contribution is 2.35. The fourth-order valence-corrected chi connectivity index (χ4v) is 4.34. The van der Waals surface area contributed by atoms with Crippen LogP contribution in [-0.2, 0) is 52.9 Å². The van der Waals surface area contributed by atoms with Gasteiger partial charge in [0, 0.05) is 33.3 Å². The largest absolute Gasteiger partial charge is 0.463 e. The first-order valence-electron chi connectivity index (χ1n) is 11.1. The van der Waals surface area contributed by atoms with E-state index in [1.54, 1.807) is 6.07 Å². The van der Waals surface area contributed by atoms with Gasteiger partial charge in [-0.3, -0.25) is 19.2 Å². The topological polar surface area (TPSA) is 205 Å². The molecule has 16 heteroatoms. The number of primary sulfonamides is 1. The molecule has 206 valence electrons. The molecule has 5 atom stereocenters. The number of esters is 4. The number of aromatic nitrogens is 3. The van der Waals surface area contributed by atoms with E-state index in [4.69, 9.17) is 28.8 Å². The number of sulfonamides is 1. The summed E-state index contributed by atoms with van der Waals surface area (Å²) in [7, 11) is -3.99. The third kappa shape index (κ3) is 7.11. The highest BCUT2D eigenvalue weighted by molar-refractivity contribution is 7.89. The molecule has 1 aromatic heterocycles. The summed E-state index contributed by atoms with van der Waals surface area (Å²) >= 11 is 0. The van der Waals surface area contributed by atoms with Gasteiger partial charge in [-0.2, -0.15) is 0 Å². The number of hydrogen-bond donors (Lipinski definition) is 1. The fraction of sp³-hybridized carbons (Fsp3) is 0.455. The Balaban J connectivity index is 2.07. The monoisotopic (exact) mass is 554 g/mol. The molecule has 38 heavy (non-hydrogen) atoms. The molecule has 1 saturated heterocycles. The molecule has 3 rings (SSSR count). The number of rotatable bonds is 8. The molecule has 0 unspecified atom stereocenters. The van der Waals surface area contributed by atoms with Gasteiger partial charge in [0.15, 0.2) is 24.5 Å². The van der Waals surface area contributed by atoms with Gasteiger partial charge >= 0.3 is 23.9 Å². The summed E-state index contributed by atoms with van der Waals surface area (Å²) < 4.78 is 51.8. The maximum Gasteiger partial charge on any atom is 0.303 e. The zero-order chi connectivity index (χ0) is 28.2. The number of hydrogen-bond acceptors (Lipinski definition) is 13. The molecule has 0 amide bonds. The minimum Gasteiger partial charge on any atom is -0.463 e. The van der Waals surface area contributed by atoms with Crippen molar-refractivity contribution < 1.29 is 51.3 Å². The lowest BCUT2D eigenvalue weighted by molar-refractivity contribution is -0.270. The van der Waals surface area contributed by atoms with E-state index in [1.807, 2.05) is 0 Å². The summed E-state index contributed by atoms with van der Waals surface area (Å²) in [4.78, 5) is 47.1. The molecule has 0 spiro atoms. The summed E-state index contributed by atoms with van der Waals surface area (Å²) in [5.41, 5.74) is 0.539. The standard InChI is InChI=1S/C22H26N4O11S/c1-11(27)33-10-18-19(34-12(2)28)20(35-13(3)29)21(36-14(4)30)22(37-18)26-9-17(24-25-26)15-6-5-7-16(8-15)38(23,31)32/h5-9,18-22H,10H2,1-4H3,(H2,23,31,32)/t18-,19+,20+,21-,22-/m1/s1. The first-order chi connectivity index (χ1) is 17.8. The average Bonchev–Trinajstić information content (AvgIpc) is 3.29. The van der Waals surface area contributed by atoms with Gasteiger partial charge in [0.2, 0.25) is 10.0 Å². The fourth-order valence-electron chi connectivity index (χ4n) is 3.78. The first-order valence-corrected chi connectivity index (χ1v) is 12.7. The van der Waals surface area contributed by atoms with E-state index >= 15 is 0 Å². The molecule has 15 nitrogen and oxygen atoms in total. The molecular weight excluding hydrogens is 528 g/mol. The highest BCUT2D eigenvalue weighted by Gasteiger charge is 2.53. The van der Waals surface area contributed by atoms with Crippen LogP contribution in [-0.4, -0.2) is 78.3 Å². The molecule has 0 aliphatic carbocycles. The van der Waals surface area contributed by atoms with Crippen molar-refractivity contribution in [1.82, 2.24) is 15.0 Å². The first kappa shape index (κ1) is 28.7. The quantitative estimate of drug-likeness (QED) is 0.333. The number of carbonyl (C=O) groups is 4. The van der Waals surface area contributed by atoms with Crippen molar-refractivity contribution in [3.05, 3.63) is 30.5 Å². The molecule has 1 aliphatic heterocycles. The molecular formula is C22H26N4O11S. The van der Waals surface area contributed by atoms with Crippen LogP contribution in [0.5, 0.6) is 0 Å². The second kappa shape index (κ2) is 11.7. The smallest absolute Gasteiger partial charge is 0.303 e. The van der Waals surface area contributed by atoms with Crippen LogP contribution in [0.2, 0.25) is 0 Å². The van der Waals surface area contributed by atoms with Gasteiger partial charge in [-0.15, -0.1) is 5.10 Å². The second-order valence-electron chi connectivity index (χ2n) is 8.25. The van der Waals surface area contributed by atoms with Gasteiger partial charge in [-0.05, 0) is 12.1 Å². The maximum atomic E-state index is 12.0. The number of benzene rings is 1. The van der Waals surface area contributed by atoms with Crippen LogP contribution in [0.25, 0.3) is 11.3 Å². The highest BCUT2D eigenvalue weighted by atomic mass is 32.2. The number of carbonyl (C=O) groups excluding carboxylic acids is 4. The third-order valence-corrected chi connectivity index (χ3v) is 6.11. The average molecular weight is 555 g/mol. The molecule has 1 aliphatic rings. The summed E-state index contributed by atoms with van der Waals surface area (Å²) in [6.45, 7) is 4.07. The molecule has 0 saturated carbocycles. The summed E-state index contributed by atoms with van der Waals surface area (Å²) in [6, 6.07) is 5.62. The number of nitrogens with zero attached hydrogens (tertiary/aromatic N) is 3. The molecule has 0 bridgehead atoms. The van der Waals surface area contributed by atoms with E-state index in [0.29, 0.717) is 5.56 Å². The molecule has 2 N–H and O–H groups in total. The third-order valence-electron chi connectivity index (χ3n) is 5.20. The minimum absolute atomic E-state index is 0.156. The van der Waals surface area contributed by atoms with Crippen LogP contribution < -0.4 is 5.14 Å². The van der Waals surface area contributed by atoms with E-state index in [-0.39, 0.29) is 10.6 Å². The predicted molar refractivity (Wildman–Crippen MR) is 124 cm³/mol. The Morgan fingerprint density at radius 2 is 1.55 bits per heavy atom. The molecule has 2 heterocycles. The predicted octanol–water partition coefficient (Wildman–Crippen LogP) is -0.152. The van der Waals surface area contributed by atoms with Crippen molar-refractivity contribution >= 4 is 33.9 Å². The van der Waals surface area contributed by atoms with Crippen molar-refractivity contribution in [1.29, 1.82) is 0 Å². The van der Waals surface area contributed by atoms with Crippen molar-refractivity contribution in [2.45, 2.75) is 63.2 Å². The lowest BCUT2D eigenvalue weighted by Crippen LogP contribution is -2.60. The van der Waals surface area contributed by atoms with Crippen LogP contribution in [0.4, 0.5) is 0 Å². The zero-order valence-corrected chi connectivity index (χ0v) is 21.6. The Kier molecular flexibility index (Phi) is 8.80. The summed E-state index contributed by atoms with van der Waals surface area (Å²) in [6.07, 6.45) is -5.23. The zero-order valence-electron chi connectivity index (χ0n) is 20.8. The van der Waals surface area contributed by atoms with Crippen LogP contribution in [0.15, 0.2) is 35.4 Å². The number of ether oxygens (including phenoxy) is 5. The van der Waals surface area contributed by atoms with E-state index in [2.05, 4.69) is 10.3 Å². The van der Waals surface area contributed by atoms with E-state index in [1.165, 1.54) is 24.4 Å². The van der Waals surface area contributed by atoms with Crippen LogP contribution in [0, 0.1) is 0 Å². The van der Waals surface area contributed by atoms with Crippen LogP contribution >= 0.6 is 0 Å². The lowest BCUT2D eigenvalue weighted by atomic mass is 9.97. The van der Waals surface area contributed by atoms with Crippen molar-refractivity contribution in [3.8, 4) is 11.3 Å². The maximum absolute atomic E-state index is 12.0. The number of nitrogens with two attached hydrogens (primary N) is 1. The van der Waals surface area contributed by atoms with Crippen molar-refractivity contribution in [2.75, 3.05) is 6.61 Å². The van der Waals surface area contributed by atoms with Gasteiger partial charge in [-0.25, -0.2) is 18.2 Å². The SMILES string of the molecule is CC(=O)OC[C@H]1O[C@@H](n2cc(-c3cccc(S(N)(=O)=O)c3)nn2)[C@H](OC(C)=O)[C@@H](OC(C)=O)[C@H]1OC(C)=O. The Hall–Kier alpha value is -3.89. The lowest BCUT2D eigenvalue weighted by Gasteiger charge is -2.44. The van der Waals surface area contributed by atoms with E-state index in [9.17, 15) is 27.6 Å². The Bertz CT molecular complexity index is 1330. The molecule has 2 aromatic rings. The molecule has 0 radical (unpaired) electrons. The van der Waals surface area contributed by atoms with Gasteiger partial charge in [-0.1, -0.05) is 17.3 Å². The Labute approximate surface area is 217 Å². The minimum atomic E-state index is -3.99. The Morgan fingerprint density at radius 1 is 0.947 bits per heavy atom. The summed E-state index contributed by atoms with van der Waals surface area (Å²) in [5, 5.41) is 13.2. The van der Waals surface area contributed by atoms with Gasteiger partial charge in [0.1, 0.15) is 18.4 Å². The van der Waals surface area contributed by atoms with Crippen molar-refractivity contribution in [2.24, 2.45) is 5.14 Å². The van der Waals surface area contributed by atoms with Crippen LogP contribution in [0.3, 0.4) is 0 Å².